The zero-order chi connectivity index (χ0) is 19.2. The molecular weight excluding hydrogens is 371 g/mol. The summed E-state index contributed by atoms with van der Waals surface area (Å²) in [4.78, 5) is 9.69. The minimum absolute atomic E-state index is 0.239. The summed E-state index contributed by atoms with van der Waals surface area (Å²) in [6, 6.07) is 10.4. The van der Waals surface area contributed by atoms with Crippen LogP contribution in [0.15, 0.2) is 64.3 Å². The topological polar surface area (TPSA) is 42.5 Å². The predicted molar refractivity (Wildman–Crippen MR) is 112 cm³/mol. The molecule has 2 aromatic heterocycles. The molecule has 0 bridgehead atoms. The molecule has 0 amide bonds. The van der Waals surface area contributed by atoms with Crippen molar-refractivity contribution in [2.75, 3.05) is 0 Å². The number of thiazole rings is 1. The van der Waals surface area contributed by atoms with Crippen molar-refractivity contribution in [1.82, 2.24) is 9.66 Å². The number of halogens is 1. The number of hydrogen-bond donors (Lipinski definition) is 0. The van der Waals surface area contributed by atoms with E-state index in [1.165, 1.54) is 61.3 Å². The summed E-state index contributed by atoms with van der Waals surface area (Å²) in [7, 11) is 0. The second-order valence-corrected chi connectivity index (χ2v) is 7.82. The van der Waals surface area contributed by atoms with Crippen LogP contribution in [-0.2, 0) is 0 Å². The molecule has 1 aliphatic rings. The van der Waals surface area contributed by atoms with E-state index in [9.17, 15) is 4.39 Å². The second-order valence-electron chi connectivity index (χ2n) is 6.98. The van der Waals surface area contributed by atoms with Gasteiger partial charge in [0.25, 0.3) is 0 Å². The molecule has 1 aromatic carbocycles. The number of pyridine rings is 1. The van der Waals surface area contributed by atoms with Crippen molar-refractivity contribution in [2.24, 2.45) is 10.1 Å². The molecule has 1 aliphatic carbocycles. The largest absolute Gasteiger partial charge is 0.262 e. The summed E-state index contributed by atoms with van der Waals surface area (Å²) in [5.74, 6) is -0.239. The van der Waals surface area contributed by atoms with Crippen molar-refractivity contribution in [3.63, 3.8) is 0 Å². The highest BCUT2D eigenvalue weighted by Gasteiger charge is 2.11. The Labute approximate surface area is 168 Å². The van der Waals surface area contributed by atoms with E-state index in [0.29, 0.717) is 0 Å². The molecular formula is C22H23FN4S. The minimum atomic E-state index is -0.239. The number of aromatic nitrogens is 2. The van der Waals surface area contributed by atoms with Gasteiger partial charge in [0.1, 0.15) is 5.82 Å². The van der Waals surface area contributed by atoms with Gasteiger partial charge < -0.3 is 0 Å². The Morgan fingerprint density at radius 3 is 2.43 bits per heavy atom. The smallest absolute Gasteiger partial charge is 0.211 e. The third kappa shape index (κ3) is 4.62. The van der Waals surface area contributed by atoms with Gasteiger partial charge in [-0.2, -0.15) is 5.10 Å². The van der Waals surface area contributed by atoms with Gasteiger partial charge in [-0.25, -0.2) is 14.1 Å². The molecule has 0 saturated heterocycles. The molecule has 0 radical (unpaired) electrons. The van der Waals surface area contributed by atoms with Crippen molar-refractivity contribution in [1.29, 1.82) is 0 Å². The molecule has 28 heavy (non-hydrogen) atoms. The average Bonchev–Trinajstić information content (AvgIpc) is 3.07. The van der Waals surface area contributed by atoms with Gasteiger partial charge in [0, 0.05) is 22.9 Å². The first kappa shape index (κ1) is 18.7. The normalized spacial score (nSPS) is 15.9. The zero-order valence-electron chi connectivity index (χ0n) is 15.7. The molecule has 2 heterocycles. The summed E-state index contributed by atoms with van der Waals surface area (Å²) < 4.78 is 15.3. The zero-order valence-corrected chi connectivity index (χ0v) is 16.5. The van der Waals surface area contributed by atoms with E-state index in [4.69, 9.17) is 10.1 Å². The number of rotatable bonds is 3. The highest BCUT2D eigenvalue weighted by molar-refractivity contribution is 7.07. The standard InChI is InChI=1S/C22H23FN4S/c23-18-12-10-17(11-13-18)21-16-28-22(25-20-9-6-14-24-15-20)27(21)26-19-7-4-2-1-3-5-8-19/h6,9-16H,1-5,7-8H2. The van der Waals surface area contributed by atoms with E-state index in [-0.39, 0.29) is 5.82 Å². The Morgan fingerprint density at radius 1 is 0.964 bits per heavy atom. The number of hydrogen-bond acceptors (Lipinski definition) is 4. The van der Waals surface area contributed by atoms with Crippen LogP contribution in [0.25, 0.3) is 11.3 Å². The van der Waals surface area contributed by atoms with Crippen molar-refractivity contribution >= 4 is 22.7 Å². The van der Waals surface area contributed by atoms with Gasteiger partial charge in [-0.1, -0.05) is 19.3 Å². The molecule has 0 unspecified atom stereocenters. The van der Waals surface area contributed by atoms with Crippen molar-refractivity contribution in [3.8, 4) is 11.3 Å². The molecule has 144 valence electrons. The van der Waals surface area contributed by atoms with Crippen molar-refractivity contribution in [2.45, 2.75) is 44.9 Å². The molecule has 6 heteroatoms. The summed E-state index contributed by atoms with van der Waals surface area (Å²) in [6.45, 7) is 0. The molecule has 0 spiro atoms. The number of benzene rings is 1. The van der Waals surface area contributed by atoms with Crippen LogP contribution in [0.1, 0.15) is 44.9 Å². The fourth-order valence-corrected chi connectivity index (χ4v) is 4.23. The van der Waals surface area contributed by atoms with Gasteiger partial charge in [-0.3, -0.25) is 4.98 Å². The molecule has 3 aromatic rings. The highest BCUT2D eigenvalue weighted by Crippen LogP contribution is 2.22. The SMILES string of the molecule is Fc1ccc(-c2csc(=Nc3cccnc3)n2N=C2CCCCCCC2)cc1. The Kier molecular flexibility index (Phi) is 6.07. The molecule has 0 aliphatic heterocycles. The average molecular weight is 395 g/mol. The quantitative estimate of drug-likeness (QED) is 0.543. The van der Waals surface area contributed by atoms with Crippen LogP contribution < -0.4 is 4.80 Å². The second kappa shape index (κ2) is 9.06. The van der Waals surface area contributed by atoms with Gasteiger partial charge >= 0.3 is 0 Å². The van der Waals surface area contributed by atoms with Crippen LogP contribution in [0, 0.1) is 5.82 Å². The van der Waals surface area contributed by atoms with E-state index in [2.05, 4.69) is 4.98 Å². The van der Waals surface area contributed by atoms with E-state index in [1.807, 2.05) is 22.2 Å². The van der Waals surface area contributed by atoms with Crippen LogP contribution in [0.5, 0.6) is 0 Å². The first-order valence-electron chi connectivity index (χ1n) is 9.77. The fraction of sp³-hybridized carbons (Fsp3) is 0.318. The predicted octanol–water partition coefficient (Wildman–Crippen LogP) is 5.93. The third-order valence-corrected chi connectivity index (χ3v) is 5.68. The monoisotopic (exact) mass is 394 g/mol. The summed E-state index contributed by atoms with van der Waals surface area (Å²) in [5, 5.41) is 7.05. The van der Waals surface area contributed by atoms with E-state index in [1.54, 1.807) is 24.5 Å². The third-order valence-electron chi connectivity index (χ3n) is 4.87. The Balaban J connectivity index is 1.81. The van der Waals surface area contributed by atoms with Crippen molar-refractivity contribution in [3.05, 3.63) is 64.8 Å². The first-order valence-corrected chi connectivity index (χ1v) is 10.7. The lowest BCUT2D eigenvalue weighted by Gasteiger charge is -2.12. The van der Waals surface area contributed by atoms with Crippen LogP contribution in [0.4, 0.5) is 10.1 Å². The lowest BCUT2D eigenvalue weighted by Crippen LogP contribution is -2.15. The molecule has 4 rings (SSSR count). The first-order chi connectivity index (χ1) is 13.8. The minimum Gasteiger partial charge on any atom is -0.262 e. The Bertz CT molecular complexity index is 993. The summed E-state index contributed by atoms with van der Waals surface area (Å²) >= 11 is 1.54. The maximum Gasteiger partial charge on any atom is 0.211 e. The highest BCUT2D eigenvalue weighted by atomic mass is 32.1. The maximum atomic E-state index is 13.4. The molecule has 0 N–H and O–H groups in total. The van der Waals surface area contributed by atoms with Gasteiger partial charge in [0.05, 0.1) is 17.6 Å². The van der Waals surface area contributed by atoms with Crippen LogP contribution >= 0.6 is 11.3 Å². The molecule has 1 saturated carbocycles. The summed E-state index contributed by atoms with van der Waals surface area (Å²) in [6.07, 6.45) is 11.8. The van der Waals surface area contributed by atoms with E-state index in [0.717, 1.165) is 34.6 Å². The number of nitrogens with zero attached hydrogens (tertiary/aromatic N) is 4. The van der Waals surface area contributed by atoms with Gasteiger partial charge in [0.2, 0.25) is 4.80 Å². The Hall–Kier alpha value is -2.60. The fourth-order valence-electron chi connectivity index (χ4n) is 3.38. The lowest BCUT2D eigenvalue weighted by atomic mass is 9.99. The van der Waals surface area contributed by atoms with E-state index >= 15 is 0 Å². The van der Waals surface area contributed by atoms with Crippen molar-refractivity contribution < 1.29 is 4.39 Å². The molecule has 1 fully saturated rings. The lowest BCUT2D eigenvalue weighted by molar-refractivity contribution is 0.602. The van der Waals surface area contributed by atoms with Crippen LogP contribution in [-0.4, -0.2) is 15.4 Å². The van der Waals surface area contributed by atoms with Crippen LogP contribution in [0.2, 0.25) is 0 Å². The van der Waals surface area contributed by atoms with Crippen LogP contribution in [0.3, 0.4) is 0 Å². The molecule has 0 atom stereocenters. The van der Waals surface area contributed by atoms with Gasteiger partial charge in [0.15, 0.2) is 0 Å². The van der Waals surface area contributed by atoms with E-state index < -0.39 is 0 Å². The maximum absolute atomic E-state index is 13.4. The Morgan fingerprint density at radius 2 is 1.71 bits per heavy atom. The van der Waals surface area contributed by atoms with Gasteiger partial charge in [-0.05, 0) is 62.1 Å². The van der Waals surface area contributed by atoms with Gasteiger partial charge in [-0.15, -0.1) is 11.3 Å². The molecule has 4 nitrogen and oxygen atoms in total. The summed E-state index contributed by atoms with van der Waals surface area (Å²) in [5.41, 5.74) is 3.87.